The molecule has 0 spiro atoms. The summed E-state index contributed by atoms with van der Waals surface area (Å²) in [5.74, 6) is 1.64. The van der Waals surface area contributed by atoms with Crippen LogP contribution in [0.25, 0.3) is 0 Å². The number of anilines is 1. The highest BCUT2D eigenvalue weighted by molar-refractivity contribution is 6.36. The van der Waals surface area contributed by atoms with Crippen molar-refractivity contribution in [2.45, 2.75) is 26.7 Å². The molecule has 2 aromatic rings. The fraction of sp³-hybridized carbons (Fsp3) is 0.333. The first-order valence-corrected chi connectivity index (χ1v) is 7.26. The summed E-state index contributed by atoms with van der Waals surface area (Å²) in [7, 11) is 0. The molecule has 0 unspecified atom stereocenters. The molecule has 1 heterocycles. The Morgan fingerprint density at radius 2 is 1.80 bits per heavy atom. The van der Waals surface area contributed by atoms with Crippen LogP contribution in [0.5, 0.6) is 0 Å². The van der Waals surface area contributed by atoms with E-state index >= 15 is 0 Å². The molecule has 0 saturated heterocycles. The minimum Gasteiger partial charge on any atom is -0.384 e. The van der Waals surface area contributed by atoms with Gasteiger partial charge in [0.2, 0.25) is 0 Å². The molecule has 20 heavy (non-hydrogen) atoms. The van der Waals surface area contributed by atoms with Crippen molar-refractivity contribution >= 4 is 29.0 Å². The second-order valence-corrected chi connectivity index (χ2v) is 5.99. The van der Waals surface area contributed by atoms with E-state index in [0.29, 0.717) is 34.0 Å². The Bertz CT molecular complexity index is 592. The third kappa shape index (κ3) is 3.84. The molecule has 2 rings (SSSR count). The van der Waals surface area contributed by atoms with Gasteiger partial charge < -0.3 is 5.73 Å². The van der Waals surface area contributed by atoms with E-state index in [1.165, 1.54) is 0 Å². The van der Waals surface area contributed by atoms with Crippen molar-refractivity contribution in [3.8, 4) is 0 Å². The second-order valence-electron chi connectivity index (χ2n) is 5.18. The first kappa shape index (κ1) is 15.1. The molecule has 0 saturated carbocycles. The minimum atomic E-state index is 0.480. The Morgan fingerprint density at radius 1 is 1.15 bits per heavy atom. The Balaban J connectivity index is 2.31. The summed E-state index contributed by atoms with van der Waals surface area (Å²) in [6.07, 6.45) is 1.35. The highest BCUT2D eigenvalue weighted by Crippen LogP contribution is 2.26. The van der Waals surface area contributed by atoms with Gasteiger partial charge in [0.1, 0.15) is 11.6 Å². The van der Waals surface area contributed by atoms with Crippen molar-refractivity contribution in [1.29, 1.82) is 0 Å². The molecule has 0 fully saturated rings. The predicted octanol–water partition coefficient (Wildman–Crippen LogP) is 4.15. The number of hydrogen-bond donors (Lipinski definition) is 1. The molecule has 0 atom stereocenters. The molecule has 0 aliphatic heterocycles. The van der Waals surface area contributed by atoms with Gasteiger partial charge in [-0.2, -0.15) is 0 Å². The Kier molecular flexibility index (Phi) is 4.84. The maximum absolute atomic E-state index is 6.17. The highest BCUT2D eigenvalue weighted by Gasteiger charge is 2.10. The van der Waals surface area contributed by atoms with Crippen LogP contribution in [0.3, 0.4) is 0 Å². The number of nitrogens with zero attached hydrogens (tertiary/aromatic N) is 2. The lowest BCUT2D eigenvalue weighted by Gasteiger charge is -2.09. The van der Waals surface area contributed by atoms with E-state index in [4.69, 9.17) is 28.9 Å². The van der Waals surface area contributed by atoms with Gasteiger partial charge in [0.25, 0.3) is 0 Å². The number of hydrogen-bond acceptors (Lipinski definition) is 3. The molecule has 0 bridgehead atoms. The van der Waals surface area contributed by atoms with E-state index in [2.05, 4.69) is 23.8 Å². The lowest BCUT2D eigenvalue weighted by molar-refractivity contribution is 0.631. The van der Waals surface area contributed by atoms with Gasteiger partial charge in [-0.05, 0) is 30.0 Å². The Hall–Kier alpha value is -1.32. The topological polar surface area (TPSA) is 51.8 Å². The third-order valence-corrected chi connectivity index (χ3v) is 3.57. The van der Waals surface area contributed by atoms with E-state index in [-0.39, 0.29) is 0 Å². The highest BCUT2D eigenvalue weighted by atomic mass is 35.5. The molecule has 3 nitrogen and oxygen atoms in total. The lowest BCUT2D eigenvalue weighted by Crippen LogP contribution is -2.06. The van der Waals surface area contributed by atoms with E-state index in [0.717, 1.165) is 17.7 Å². The van der Waals surface area contributed by atoms with E-state index in [1.807, 2.05) is 24.3 Å². The zero-order valence-corrected chi connectivity index (χ0v) is 13.0. The SMILES string of the molecule is CC(C)Cc1cc(N)nc(Cc2c(Cl)cccc2Cl)n1. The number of rotatable bonds is 4. The van der Waals surface area contributed by atoms with Gasteiger partial charge in [-0.15, -0.1) is 0 Å². The summed E-state index contributed by atoms with van der Waals surface area (Å²) in [6.45, 7) is 4.28. The van der Waals surface area contributed by atoms with Crippen molar-refractivity contribution in [1.82, 2.24) is 9.97 Å². The van der Waals surface area contributed by atoms with Gasteiger partial charge in [0, 0.05) is 28.2 Å². The molecular weight excluding hydrogens is 293 g/mol. The van der Waals surface area contributed by atoms with Crippen LogP contribution in [0, 0.1) is 5.92 Å². The van der Waals surface area contributed by atoms with E-state index < -0.39 is 0 Å². The number of nitrogen functional groups attached to an aromatic ring is 1. The molecule has 106 valence electrons. The first-order valence-electron chi connectivity index (χ1n) is 6.51. The molecular formula is C15H17Cl2N3. The summed E-state index contributed by atoms with van der Waals surface area (Å²) in [5, 5.41) is 1.24. The monoisotopic (exact) mass is 309 g/mol. The summed E-state index contributed by atoms with van der Waals surface area (Å²) >= 11 is 12.3. The van der Waals surface area contributed by atoms with Crippen LogP contribution in [-0.2, 0) is 12.8 Å². The van der Waals surface area contributed by atoms with Gasteiger partial charge in [-0.1, -0.05) is 43.1 Å². The first-order chi connectivity index (χ1) is 9.45. The minimum absolute atomic E-state index is 0.480. The van der Waals surface area contributed by atoms with Crippen LogP contribution in [0.1, 0.15) is 30.9 Å². The van der Waals surface area contributed by atoms with Gasteiger partial charge >= 0.3 is 0 Å². The summed E-state index contributed by atoms with van der Waals surface area (Å²) < 4.78 is 0. The molecule has 2 N–H and O–H groups in total. The van der Waals surface area contributed by atoms with E-state index in [9.17, 15) is 0 Å². The number of benzene rings is 1. The zero-order chi connectivity index (χ0) is 14.7. The predicted molar refractivity (Wildman–Crippen MR) is 84.3 cm³/mol. The normalized spacial score (nSPS) is 11.1. The van der Waals surface area contributed by atoms with Crippen molar-refractivity contribution in [2.75, 3.05) is 5.73 Å². The van der Waals surface area contributed by atoms with Gasteiger partial charge in [-0.25, -0.2) is 9.97 Å². The van der Waals surface area contributed by atoms with Crippen molar-refractivity contribution in [3.05, 3.63) is 51.4 Å². The standard InChI is InChI=1S/C15H17Cl2N3/c1-9(2)6-10-7-14(18)20-15(19-10)8-11-12(16)4-3-5-13(11)17/h3-5,7,9H,6,8H2,1-2H3,(H2,18,19,20). The molecule has 5 heteroatoms. The van der Waals surface area contributed by atoms with Gasteiger partial charge in [0.05, 0.1) is 0 Å². The molecule has 0 amide bonds. The summed E-state index contributed by atoms with van der Waals surface area (Å²) in [5.41, 5.74) is 7.63. The van der Waals surface area contributed by atoms with Gasteiger partial charge in [0.15, 0.2) is 0 Å². The largest absolute Gasteiger partial charge is 0.384 e. The van der Waals surface area contributed by atoms with E-state index in [1.54, 1.807) is 0 Å². The van der Waals surface area contributed by atoms with Crippen molar-refractivity contribution in [3.63, 3.8) is 0 Å². The number of halogens is 2. The number of nitrogens with two attached hydrogens (primary N) is 1. The lowest BCUT2D eigenvalue weighted by atomic mass is 10.1. The van der Waals surface area contributed by atoms with Crippen LogP contribution in [0.15, 0.2) is 24.3 Å². The smallest absolute Gasteiger partial charge is 0.135 e. The number of aromatic nitrogens is 2. The van der Waals surface area contributed by atoms with Crippen LogP contribution < -0.4 is 5.73 Å². The quantitative estimate of drug-likeness (QED) is 0.922. The van der Waals surface area contributed by atoms with Crippen molar-refractivity contribution < 1.29 is 0 Å². The molecule has 1 aromatic carbocycles. The summed E-state index contributed by atoms with van der Waals surface area (Å²) in [6, 6.07) is 7.25. The van der Waals surface area contributed by atoms with Crippen LogP contribution in [-0.4, -0.2) is 9.97 Å². The van der Waals surface area contributed by atoms with Crippen LogP contribution in [0.4, 0.5) is 5.82 Å². The van der Waals surface area contributed by atoms with Crippen molar-refractivity contribution in [2.24, 2.45) is 5.92 Å². The maximum Gasteiger partial charge on any atom is 0.135 e. The average Bonchev–Trinajstić information content (AvgIpc) is 2.32. The average molecular weight is 310 g/mol. The Morgan fingerprint density at radius 3 is 2.40 bits per heavy atom. The molecule has 0 aliphatic carbocycles. The molecule has 0 radical (unpaired) electrons. The maximum atomic E-state index is 6.17. The summed E-state index contributed by atoms with van der Waals surface area (Å²) in [4.78, 5) is 8.81. The van der Waals surface area contributed by atoms with Crippen LogP contribution >= 0.6 is 23.2 Å². The third-order valence-electron chi connectivity index (χ3n) is 2.86. The Labute approximate surface area is 129 Å². The fourth-order valence-corrected chi connectivity index (χ4v) is 2.57. The fourth-order valence-electron chi connectivity index (χ4n) is 2.04. The molecule has 1 aromatic heterocycles. The zero-order valence-electron chi connectivity index (χ0n) is 11.5. The molecule has 0 aliphatic rings. The van der Waals surface area contributed by atoms with Crippen LogP contribution in [0.2, 0.25) is 10.0 Å². The van der Waals surface area contributed by atoms with Gasteiger partial charge in [-0.3, -0.25) is 0 Å². The second kappa shape index (κ2) is 6.42.